The fourth-order valence-corrected chi connectivity index (χ4v) is 4.77. The molecule has 2 atom stereocenters. The lowest BCUT2D eigenvalue weighted by molar-refractivity contribution is 0.212. The zero-order valence-corrected chi connectivity index (χ0v) is 20.7. The van der Waals surface area contributed by atoms with Crippen LogP contribution in [0.4, 0.5) is 0 Å². The number of halogens is 1. The van der Waals surface area contributed by atoms with Crippen molar-refractivity contribution in [3.05, 3.63) is 87.9 Å². The fraction of sp³-hybridized carbons (Fsp3) is 0.444. The van der Waals surface area contributed by atoms with Gasteiger partial charge in [-0.25, -0.2) is 4.98 Å². The quantitative estimate of drug-likeness (QED) is 0.294. The third kappa shape index (κ3) is 7.33. The number of benzene rings is 2. The summed E-state index contributed by atoms with van der Waals surface area (Å²) in [5.41, 5.74) is 5.45. The summed E-state index contributed by atoms with van der Waals surface area (Å²) in [5.74, 6) is 0.557. The Morgan fingerprint density at radius 1 is 1.06 bits per heavy atom. The van der Waals surface area contributed by atoms with Gasteiger partial charge in [0.2, 0.25) is 0 Å². The van der Waals surface area contributed by atoms with Gasteiger partial charge in [-0.2, -0.15) is 0 Å². The SMILES string of the molecule is CCCCC(CC[C@@H](Cc1ccccc1)N(C)Cc1cc(Br)ccc1C)c1cnc[nH]1. The zero-order valence-electron chi connectivity index (χ0n) is 19.2. The van der Waals surface area contributed by atoms with E-state index in [1.165, 1.54) is 54.5 Å². The third-order valence-electron chi connectivity index (χ3n) is 6.38. The van der Waals surface area contributed by atoms with E-state index in [0.29, 0.717) is 12.0 Å². The summed E-state index contributed by atoms with van der Waals surface area (Å²) in [7, 11) is 2.28. The Bertz CT molecular complexity index is 892. The predicted molar refractivity (Wildman–Crippen MR) is 134 cm³/mol. The van der Waals surface area contributed by atoms with E-state index in [-0.39, 0.29) is 0 Å². The van der Waals surface area contributed by atoms with Gasteiger partial charge >= 0.3 is 0 Å². The van der Waals surface area contributed by atoms with Crippen LogP contribution in [0.25, 0.3) is 0 Å². The van der Waals surface area contributed by atoms with E-state index in [1.807, 2.05) is 12.5 Å². The first-order chi connectivity index (χ1) is 15.1. The van der Waals surface area contributed by atoms with Crippen LogP contribution in [0.2, 0.25) is 0 Å². The lowest BCUT2D eigenvalue weighted by Gasteiger charge is -2.30. The van der Waals surface area contributed by atoms with Crippen molar-refractivity contribution in [1.29, 1.82) is 0 Å². The molecule has 0 saturated carbocycles. The summed E-state index contributed by atoms with van der Waals surface area (Å²) < 4.78 is 1.15. The normalized spacial score (nSPS) is 13.5. The number of aryl methyl sites for hydroxylation is 1. The highest BCUT2D eigenvalue weighted by Gasteiger charge is 2.20. The molecule has 1 N–H and O–H groups in total. The third-order valence-corrected chi connectivity index (χ3v) is 6.88. The van der Waals surface area contributed by atoms with Crippen LogP contribution < -0.4 is 0 Å². The lowest BCUT2D eigenvalue weighted by Crippen LogP contribution is -2.33. The Hall–Kier alpha value is -1.91. The maximum atomic E-state index is 4.28. The zero-order chi connectivity index (χ0) is 22.1. The molecule has 3 nitrogen and oxygen atoms in total. The molecule has 166 valence electrons. The molecule has 2 aromatic carbocycles. The number of likely N-dealkylation sites (N-methyl/N-ethyl adjacent to an activating group) is 1. The maximum Gasteiger partial charge on any atom is 0.0921 e. The number of aromatic nitrogens is 2. The molecule has 0 saturated heterocycles. The van der Waals surface area contributed by atoms with Crippen LogP contribution in [-0.2, 0) is 13.0 Å². The van der Waals surface area contributed by atoms with E-state index in [0.717, 1.165) is 17.4 Å². The van der Waals surface area contributed by atoms with Crippen LogP contribution >= 0.6 is 15.9 Å². The van der Waals surface area contributed by atoms with Gasteiger partial charge in [0, 0.05) is 34.9 Å². The number of nitrogens with zero attached hydrogens (tertiary/aromatic N) is 2. The van der Waals surface area contributed by atoms with Gasteiger partial charge < -0.3 is 4.98 Å². The molecule has 1 heterocycles. The number of aromatic amines is 1. The molecule has 1 unspecified atom stereocenters. The second-order valence-electron chi connectivity index (χ2n) is 8.75. The van der Waals surface area contributed by atoms with Crippen molar-refractivity contribution >= 4 is 15.9 Å². The van der Waals surface area contributed by atoms with Crippen molar-refractivity contribution in [1.82, 2.24) is 14.9 Å². The van der Waals surface area contributed by atoms with Crippen molar-refractivity contribution in [2.24, 2.45) is 0 Å². The van der Waals surface area contributed by atoms with Crippen LogP contribution in [0.5, 0.6) is 0 Å². The molecule has 0 spiro atoms. The maximum absolute atomic E-state index is 4.28. The van der Waals surface area contributed by atoms with E-state index in [2.05, 4.69) is 100 Å². The summed E-state index contributed by atoms with van der Waals surface area (Å²) in [5, 5.41) is 0. The van der Waals surface area contributed by atoms with Gasteiger partial charge in [-0.1, -0.05) is 72.1 Å². The molecule has 3 aromatic rings. The molecule has 0 fully saturated rings. The number of hydrogen-bond acceptors (Lipinski definition) is 2. The summed E-state index contributed by atoms with van der Waals surface area (Å²) in [4.78, 5) is 10.2. The molecule has 0 aliphatic heterocycles. The minimum absolute atomic E-state index is 0.493. The number of rotatable bonds is 12. The summed E-state index contributed by atoms with van der Waals surface area (Å²) >= 11 is 3.65. The topological polar surface area (TPSA) is 31.9 Å². The molecular formula is C27H36BrN3. The van der Waals surface area contributed by atoms with Crippen LogP contribution in [0.3, 0.4) is 0 Å². The minimum atomic E-state index is 0.493. The Balaban J connectivity index is 1.74. The smallest absolute Gasteiger partial charge is 0.0921 e. The molecule has 0 bridgehead atoms. The largest absolute Gasteiger partial charge is 0.348 e. The van der Waals surface area contributed by atoms with E-state index < -0.39 is 0 Å². The average Bonchev–Trinajstić information content (AvgIpc) is 3.31. The standard InChI is InChI=1S/C27H36BrN3/c1-4-5-11-23(27-18-29-20-30-27)13-15-26(16-22-9-7-6-8-10-22)31(3)19-24-17-25(28)14-12-21(24)2/h6-10,12,14,17-18,20,23,26H,4-5,11,13,15-16,19H2,1-3H3,(H,29,30)/t23?,26-/m0/s1. The molecular weight excluding hydrogens is 446 g/mol. The number of hydrogen-bond donors (Lipinski definition) is 1. The van der Waals surface area contributed by atoms with E-state index in [4.69, 9.17) is 0 Å². The minimum Gasteiger partial charge on any atom is -0.348 e. The molecule has 0 amide bonds. The number of H-pyrrole nitrogens is 1. The molecule has 3 rings (SSSR count). The first-order valence-electron chi connectivity index (χ1n) is 11.5. The first kappa shape index (κ1) is 23.7. The van der Waals surface area contributed by atoms with E-state index in [9.17, 15) is 0 Å². The Labute approximate surface area is 196 Å². The van der Waals surface area contributed by atoms with Crippen LogP contribution in [0.15, 0.2) is 65.5 Å². The summed E-state index contributed by atoms with van der Waals surface area (Å²) in [6, 6.07) is 18.0. The van der Waals surface area contributed by atoms with Crippen molar-refractivity contribution in [2.75, 3.05) is 7.05 Å². The lowest BCUT2D eigenvalue weighted by atomic mass is 9.90. The monoisotopic (exact) mass is 481 g/mol. The molecule has 0 radical (unpaired) electrons. The second-order valence-corrected chi connectivity index (χ2v) is 9.67. The fourth-order valence-electron chi connectivity index (χ4n) is 4.36. The highest BCUT2D eigenvalue weighted by atomic mass is 79.9. The molecule has 31 heavy (non-hydrogen) atoms. The van der Waals surface area contributed by atoms with Gasteiger partial charge in [0.25, 0.3) is 0 Å². The highest BCUT2D eigenvalue weighted by molar-refractivity contribution is 9.10. The predicted octanol–water partition coefficient (Wildman–Crippen LogP) is 7.28. The number of unbranched alkanes of at least 4 members (excludes halogenated alkanes) is 1. The van der Waals surface area contributed by atoms with Crippen molar-refractivity contribution in [3.8, 4) is 0 Å². The summed E-state index contributed by atoms with van der Waals surface area (Å²) in [6.45, 7) is 5.45. The van der Waals surface area contributed by atoms with Crippen LogP contribution in [-0.4, -0.2) is 28.0 Å². The Kier molecular flexibility index (Phi) is 9.35. The molecule has 0 aliphatic rings. The summed E-state index contributed by atoms with van der Waals surface area (Å²) in [6.07, 6.45) is 11.0. The Morgan fingerprint density at radius 3 is 2.58 bits per heavy atom. The van der Waals surface area contributed by atoms with Gasteiger partial charge in [-0.15, -0.1) is 0 Å². The average molecular weight is 483 g/mol. The van der Waals surface area contributed by atoms with Crippen LogP contribution in [0, 0.1) is 6.92 Å². The van der Waals surface area contributed by atoms with Crippen molar-refractivity contribution in [3.63, 3.8) is 0 Å². The van der Waals surface area contributed by atoms with Crippen molar-refractivity contribution in [2.45, 2.75) is 70.9 Å². The Morgan fingerprint density at radius 2 is 1.87 bits per heavy atom. The second kappa shape index (κ2) is 12.2. The van der Waals surface area contributed by atoms with Gasteiger partial charge in [-0.3, -0.25) is 4.90 Å². The molecule has 4 heteroatoms. The molecule has 0 aliphatic carbocycles. The van der Waals surface area contributed by atoms with Gasteiger partial charge in [0.15, 0.2) is 0 Å². The van der Waals surface area contributed by atoms with Crippen LogP contribution in [0.1, 0.15) is 67.3 Å². The van der Waals surface area contributed by atoms with Gasteiger partial charge in [-0.05, 0) is 68.5 Å². The molecule has 1 aromatic heterocycles. The highest BCUT2D eigenvalue weighted by Crippen LogP contribution is 2.28. The van der Waals surface area contributed by atoms with E-state index in [1.54, 1.807) is 0 Å². The van der Waals surface area contributed by atoms with Crippen molar-refractivity contribution < 1.29 is 0 Å². The number of nitrogens with one attached hydrogen (secondary N) is 1. The number of imidazole rings is 1. The van der Waals surface area contributed by atoms with E-state index >= 15 is 0 Å². The first-order valence-corrected chi connectivity index (χ1v) is 12.3. The van der Waals surface area contributed by atoms with Gasteiger partial charge in [0.05, 0.1) is 6.33 Å². The van der Waals surface area contributed by atoms with Gasteiger partial charge in [0.1, 0.15) is 0 Å².